The van der Waals surface area contributed by atoms with Crippen molar-refractivity contribution in [3.8, 4) is 0 Å². The highest BCUT2D eigenvalue weighted by Gasteiger charge is 2.34. The Balaban J connectivity index is 1.42. The van der Waals surface area contributed by atoms with Crippen molar-refractivity contribution in [3.05, 3.63) is 54.4 Å². The van der Waals surface area contributed by atoms with Gasteiger partial charge < -0.3 is 10.2 Å². The van der Waals surface area contributed by atoms with E-state index in [9.17, 15) is 9.59 Å². The number of nitrogens with zero attached hydrogens (tertiary/aromatic N) is 4. The number of likely N-dealkylation sites (tertiary alicyclic amines) is 1. The summed E-state index contributed by atoms with van der Waals surface area (Å²) in [6, 6.07) is 11.9. The van der Waals surface area contributed by atoms with Crippen LogP contribution in [0.25, 0.3) is 11.0 Å². The van der Waals surface area contributed by atoms with E-state index in [0.717, 1.165) is 16.6 Å². The Morgan fingerprint density at radius 2 is 2.04 bits per heavy atom. The van der Waals surface area contributed by atoms with E-state index in [1.807, 2.05) is 54.9 Å². The number of amides is 2. The Morgan fingerprint density at radius 1 is 1.25 bits per heavy atom. The third-order valence-electron chi connectivity index (χ3n) is 4.99. The number of benzene rings is 1. The zero-order chi connectivity index (χ0) is 19.7. The lowest BCUT2D eigenvalue weighted by atomic mass is 10.1. The Hall–Kier alpha value is -3.22. The zero-order valence-electron chi connectivity index (χ0n) is 16.0. The molecule has 7 heteroatoms. The average Bonchev–Trinajstić information content (AvgIpc) is 3.26. The van der Waals surface area contributed by atoms with Gasteiger partial charge in [-0.2, -0.15) is 5.10 Å². The van der Waals surface area contributed by atoms with Crippen molar-refractivity contribution >= 4 is 28.5 Å². The molecule has 1 N–H and O–H groups in total. The van der Waals surface area contributed by atoms with Crippen LogP contribution in [-0.4, -0.2) is 38.0 Å². The summed E-state index contributed by atoms with van der Waals surface area (Å²) in [6.07, 6.45) is 3.62. The second-order valence-electron chi connectivity index (χ2n) is 7.47. The number of carbonyl (C=O) groups is 2. The largest absolute Gasteiger partial charge is 0.338 e. The van der Waals surface area contributed by atoms with E-state index in [-0.39, 0.29) is 30.2 Å². The molecule has 0 bridgehead atoms. The predicted molar refractivity (Wildman–Crippen MR) is 107 cm³/mol. The van der Waals surface area contributed by atoms with E-state index in [0.29, 0.717) is 18.8 Å². The summed E-state index contributed by atoms with van der Waals surface area (Å²) in [5.41, 5.74) is 2.47. The van der Waals surface area contributed by atoms with Gasteiger partial charge in [0.1, 0.15) is 0 Å². The molecule has 0 unspecified atom stereocenters. The van der Waals surface area contributed by atoms with Crippen molar-refractivity contribution in [3.63, 3.8) is 0 Å². The number of fused-ring (bicyclic) bond motifs is 1. The Morgan fingerprint density at radius 3 is 2.79 bits per heavy atom. The van der Waals surface area contributed by atoms with Crippen molar-refractivity contribution in [2.24, 2.45) is 5.92 Å². The number of hydrogen-bond acceptors (Lipinski definition) is 4. The van der Waals surface area contributed by atoms with Crippen molar-refractivity contribution in [2.75, 3.05) is 11.9 Å². The number of rotatable bonds is 5. The van der Waals surface area contributed by atoms with Gasteiger partial charge in [-0.05, 0) is 25.5 Å². The van der Waals surface area contributed by atoms with E-state index in [1.165, 1.54) is 0 Å². The van der Waals surface area contributed by atoms with Crippen molar-refractivity contribution in [1.29, 1.82) is 0 Å². The molecular formula is C21H23N5O2. The first-order valence-corrected chi connectivity index (χ1v) is 9.47. The molecule has 2 amide bonds. The zero-order valence-corrected chi connectivity index (χ0v) is 16.0. The van der Waals surface area contributed by atoms with Crippen LogP contribution in [0.2, 0.25) is 0 Å². The molecule has 1 fully saturated rings. The minimum Gasteiger partial charge on any atom is -0.338 e. The summed E-state index contributed by atoms with van der Waals surface area (Å²) in [5.74, 6) is -0.498. The lowest BCUT2D eigenvalue weighted by molar-refractivity contribution is -0.128. The number of pyridine rings is 1. The summed E-state index contributed by atoms with van der Waals surface area (Å²) in [7, 11) is 0. The number of hydrogen-bond donors (Lipinski definition) is 1. The van der Waals surface area contributed by atoms with E-state index >= 15 is 0 Å². The summed E-state index contributed by atoms with van der Waals surface area (Å²) < 4.78 is 1.85. The third kappa shape index (κ3) is 3.60. The molecule has 28 heavy (non-hydrogen) atoms. The molecule has 0 saturated carbocycles. The van der Waals surface area contributed by atoms with Crippen molar-refractivity contribution < 1.29 is 9.59 Å². The van der Waals surface area contributed by atoms with E-state index in [1.54, 1.807) is 17.3 Å². The summed E-state index contributed by atoms with van der Waals surface area (Å²) in [4.78, 5) is 31.2. The Labute approximate surface area is 163 Å². The van der Waals surface area contributed by atoms with Crippen LogP contribution in [0.15, 0.2) is 48.8 Å². The highest BCUT2D eigenvalue weighted by atomic mass is 16.2. The maximum absolute atomic E-state index is 12.7. The van der Waals surface area contributed by atoms with Gasteiger partial charge in [0.15, 0.2) is 5.65 Å². The summed E-state index contributed by atoms with van der Waals surface area (Å²) >= 11 is 0. The smallest absolute Gasteiger partial charge is 0.229 e. The van der Waals surface area contributed by atoms with Gasteiger partial charge in [-0.1, -0.05) is 30.3 Å². The van der Waals surface area contributed by atoms with Gasteiger partial charge in [-0.15, -0.1) is 0 Å². The van der Waals surface area contributed by atoms with E-state index in [4.69, 9.17) is 0 Å². The first kappa shape index (κ1) is 18.2. The van der Waals surface area contributed by atoms with E-state index in [2.05, 4.69) is 15.4 Å². The van der Waals surface area contributed by atoms with Crippen molar-refractivity contribution in [2.45, 2.75) is 32.9 Å². The predicted octanol–water partition coefficient (Wildman–Crippen LogP) is 3.00. The van der Waals surface area contributed by atoms with Gasteiger partial charge in [0.05, 0.1) is 24.0 Å². The summed E-state index contributed by atoms with van der Waals surface area (Å²) in [5, 5.41) is 8.12. The topological polar surface area (TPSA) is 80.1 Å². The van der Waals surface area contributed by atoms with Crippen LogP contribution in [0.1, 0.15) is 31.9 Å². The molecule has 7 nitrogen and oxygen atoms in total. The number of aromatic nitrogens is 3. The van der Waals surface area contributed by atoms with Crippen LogP contribution in [-0.2, 0) is 16.1 Å². The quantitative estimate of drug-likeness (QED) is 0.741. The van der Waals surface area contributed by atoms with Crippen LogP contribution in [0.3, 0.4) is 0 Å². The van der Waals surface area contributed by atoms with Gasteiger partial charge in [-0.25, -0.2) is 9.67 Å². The normalized spacial score (nSPS) is 16.9. The van der Waals surface area contributed by atoms with Gasteiger partial charge in [0.2, 0.25) is 11.8 Å². The minimum atomic E-state index is -0.356. The van der Waals surface area contributed by atoms with Crippen LogP contribution in [0.5, 0.6) is 0 Å². The molecule has 0 radical (unpaired) electrons. The van der Waals surface area contributed by atoms with Gasteiger partial charge in [0.25, 0.3) is 0 Å². The van der Waals surface area contributed by atoms with E-state index < -0.39 is 0 Å². The lowest BCUT2D eigenvalue weighted by Crippen LogP contribution is -2.28. The number of carbonyl (C=O) groups excluding carboxylic acids is 2. The molecule has 1 saturated heterocycles. The maximum atomic E-state index is 12.7. The van der Waals surface area contributed by atoms with Gasteiger partial charge >= 0.3 is 0 Å². The fourth-order valence-electron chi connectivity index (χ4n) is 3.54. The fourth-order valence-corrected chi connectivity index (χ4v) is 3.54. The molecule has 1 aliphatic rings. The molecule has 3 heterocycles. The first-order valence-electron chi connectivity index (χ1n) is 9.47. The lowest BCUT2D eigenvalue weighted by Gasteiger charge is -2.16. The Bertz CT molecular complexity index is 1010. The second-order valence-corrected chi connectivity index (χ2v) is 7.47. The van der Waals surface area contributed by atoms with Crippen LogP contribution in [0, 0.1) is 5.92 Å². The van der Waals surface area contributed by atoms with Crippen molar-refractivity contribution in [1.82, 2.24) is 19.7 Å². The molecule has 0 spiro atoms. The molecule has 3 aromatic rings. The maximum Gasteiger partial charge on any atom is 0.229 e. The van der Waals surface area contributed by atoms with Gasteiger partial charge in [-0.3, -0.25) is 9.59 Å². The average molecular weight is 377 g/mol. The molecule has 1 aromatic carbocycles. The van der Waals surface area contributed by atoms with Gasteiger partial charge in [0, 0.05) is 30.9 Å². The molecule has 1 aliphatic heterocycles. The monoisotopic (exact) mass is 377 g/mol. The first-order chi connectivity index (χ1) is 13.5. The van der Waals surface area contributed by atoms with Crippen LogP contribution < -0.4 is 5.32 Å². The molecule has 0 aliphatic carbocycles. The molecular weight excluding hydrogens is 354 g/mol. The Kier molecular flexibility index (Phi) is 4.81. The fraction of sp³-hybridized carbons (Fsp3) is 0.333. The second kappa shape index (κ2) is 7.42. The highest BCUT2D eigenvalue weighted by molar-refractivity contribution is 5.98. The standard InChI is InChI=1S/C21H23N5O2/c1-14(2)26-20-16(10-23-26)8-18(11-22-20)24-21(28)17-9-19(27)25(13-17)12-15-6-4-3-5-7-15/h3-8,10-11,14,17H,9,12-13H2,1-2H3,(H,24,28)/t17-/m1/s1. The number of anilines is 1. The molecule has 1 atom stereocenters. The number of nitrogens with one attached hydrogen (secondary N) is 1. The van der Waals surface area contributed by atoms with Crippen LogP contribution in [0.4, 0.5) is 5.69 Å². The van der Waals surface area contributed by atoms with Crippen LogP contribution >= 0.6 is 0 Å². The molecule has 2 aromatic heterocycles. The molecule has 144 valence electrons. The molecule has 4 rings (SSSR count). The highest BCUT2D eigenvalue weighted by Crippen LogP contribution is 2.23. The third-order valence-corrected chi connectivity index (χ3v) is 4.99. The SMILES string of the molecule is CC(C)n1ncc2cc(NC(=O)[C@@H]3CC(=O)N(Cc4ccccc4)C3)cnc21. The summed E-state index contributed by atoms with van der Waals surface area (Å²) in [6.45, 7) is 5.05. The minimum absolute atomic E-state index is 0.00999.